The Morgan fingerprint density at radius 2 is 1.76 bits per heavy atom. The lowest BCUT2D eigenvalue weighted by Crippen LogP contribution is -2.67. The smallest absolute Gasteiger partial charge is 0.190 e. The number of rotatable bonds is 2. The molecule has 2 aromatic carbocycles. The third kappa shape index (κ3) is 2.96. The van der Waals surface area contributed by atoms with Crippen LogP contribution in [-0.4, -0.2) is 44.7 Å². The molecular weight excluding hydrogens is 436 g/mol. The summed E-state index contributed by atoms with van der Waals surface area (Å²) in [5.74, 6) is -8.83. The van der Waals surface area contributed by atoms with Crippen LogP contribution in [0.2, 0.25) is 0 Å². The molecule has 3 aliphatic rings. The van der Waals surface area contributed by atoms with Gasteiger partial charge < -0.3 is 10.2 Å². The van der Waals surface area contributed by atoms with E-state index in [4.69, 9.17) is 0 Å². The Kier molecular flexibility index (Phi) is 4.95. The number of fused-ring (bicyclic) bond motifs is 3. The van der Waals surface area contributed by atoms with E-state index in [1.54, 1.807) is 6.07 Å². The Morgan fingerprint density at radius 3 is 2.44 bits per heavy atom. The SMILES string of the molecule is CC(=O)C1C(=O)C[C@@H]2C[C@@H]3Cc4c(-c5cccc(C)c5)ccc(O)c4C(=O)C3C(=O)[C@]2(O)C1=O. The zero-order valence-corrected chi connectivity index (χ0v) is 18.8. The first-order chi connectivity index (χ1) is 16.1. The molecule has 2 aromatic rings. The van der Waals surface area contributed by atoms with Gasteiger partial charge in [-0.05, 0) is 55.4 Å². The summed E-state index contributed by atoms with van der Waals surface area (Å²) in [5, 5.41) is 21.9. The summed E-state index contributed by atoms with van der Waals surface area (Å²) >= 11 is 0. The summed E-state index contributed by atoms with van der Waals surface area (Å²) < 4.78 is 0. The number of phenols is 1. The fourth-order valence-electron chi connectivity index (χ4n) is 6.17. The molecule has 0 aliphatic heterocycles. The van der Waals surface area contributed by atoms with E-state index in [1.807, 2.05) is 31.2 Å². The third-order valence-corrected chi connectivity index (χ3v) is 7.74. The van der Waals surface area contributed by atoms with Crippen LogP contribution in [0.25, 0.3) is 11.1 Å². The van der Waals surface area contributed by atoms with Crippen molar-refractivity contribution in [3.05, 3.63) is 53.1 Å². The summed E-state index contributed by atoms with van der Waals surface area (Å²) in [6.07, 6.45) is 0.122. The highest BCUT2D eigenvalue weighted by atomic mass is 16.3. The normalized spacial score (nSPS) is 30.4. The van der Waals surface area contributed by atoms with Crippen molar-refractivity contribution in [2.24, 2.45) is 23.7 Å². The summed E-state index contributed by atoms with van der Waals surface area (Å²) in [7, 11) is 0. The van der Waals surface area contributed by atoms with Crippen LogP contribution < -0.4 is 0 Å². The number of phenolic OH excluding ortho intramolecular Hbond substituents is 1. The lowest BCUT2D eigenvalue weighted by Gasteiger charge is -2.48. The van der Waals surface area contributed by atoms with Gasteiger partial charge in [0.1, 0.15) is 17.5 Å². The standard InChI is InChI=1S/C27H24O7/c1-12-4-3-5-14(8-12)17-6-7-19(29)23-18(17)10-15-9-16-11-20(30)21(13(2)28)25(32)27(16,34)26(33)22(15)24(23)31/h3-8,15-16,21-22,29,34H,9-11H2,1-2H3/t15-,16+,21?,22?,27-/m1/s1. The molecule has 2 N–H and O–H groups in total. The number of hydrogen-bond donors (Lipinski definition) is 2. The molecule has 0 saturated heterocycles. The number of aryl methyl sites for hydroxylation is 1. The Hall–Kier alpha value is -3.45. The molecule has 0 amide bonds. The number of hydrogen-bond acceptors (Lipinski definition) is 7. The molecule has 34 heavy (non-hydrogen) atoms. The molecule has 0 heterocycles. The summed E-state index contributed by atoms with van der Waals surface area (Å²) in [6, 6.07) is 10.9. The van der Waals surface area contributed by atoms with Gasteiger partial charge in [-0.15, -0.1) is 0 Å². The molecule has 0 spiro atoms. The maximum atomic E-state index is 13.6. The van der Waals surface area contributed by atoms with Gasteiger partial charge in [0.2, 0.25) is 0 Å². The van der Waals surface area contributed by atoms with Crippen LogP contribution in [-0.2, 0) is 25.6 Å². The third-order valence-electron chi connectivity index (χ3n) is 7.74. The molecule has 0 bridgehead atoms. The van der Waals surface area contributed by atoms with E-state index >= 15 is 0 Å². The molecule has 5 rings (SSSR count). The highest BCUT2D eigenvalue weighted by Crippen LogP contribution is 2.51. The molecule has 5 atom stereocenters. The van der Waals surface area contributed by atoms with Gasteiger partial charge in [0.25, 0.3) is 0 Å². The van der Waals surface area contributed by atoms with Gasteiger partial charge in [0.05, 0.1) is 11.5 Å². The van der Waals surface area contributed by atoms with Crippen LogP contribution in [0.1, 0.15) is 41.3 Å². The predicted molar refractivity (Wildman–Crippen MR) is 120 cm³/mol. The van der Waals surface area contributed by atoms with Crippen molar-refractivity contribution in [1.29, 1.82) is 0 Å². The molecule has 7 heteroatoms. The van der Waals surface area contributed by atoms with Crippen molar-refractivity contribution in [2.45, 2.75) is 38.7 Å². The zero-order chi connectivity index (χ0) is 24.5. The Labute approximate surface area is 195 Å². The molecule has 2 unspecified atom stereocenters. The van der Waals surface area contributed by atoms with Gasteiger partial charge in [-0.2, -0.15) is 0 Å². The summed E-state index contributed by atoms with van der Waals surface area (Å²) in [4.78, 5) is 64.6. The summed E-state index contributed by atoms with van der Waals surface area (Å²) in [5.41, 5.74) is 0.750. The lowest BCUT2D eigenvalue weighted by atomic mass is 9.53. The van der Waals surface area contributed by atoms with Crippen LogP contribution in [0, 0.1) is 30.6 Å². The first kappa shape index (κ1) is 22.3. The number of Topliss-reactive ketones (excluding diaryl/α,β-unsaturated/α-hetero) is 5. The largest absolute Gasteiger partial charge is 0.507 e. The van der Waals surface area contributed by atoms with Crippen LogP contribution in [0.5, 0.6) is 5.75 Å². The second kappa shape index (κ2) is 7.53. The monoisotopic (exact) mass is 460 g/mol. The molecular formula is C27H24O7. The van der Waals surface area contributed by atoms with Crippen LogP contribution in [0.15, 0.2) is 36.4 Å². The minimum absolute atomic E-state index is 0.0260. The van der Waals surface area contributed by atoms with Crippen LogP contribution >= 0.6 is 0 Å². The number of benzene rings is 2. The molecule has 0 aromatic heterocycles. The highest BCUT2D eigenvalue weighted by Gasteiger charge is 2.65. The van der Waals surface area contributed by atoms with E-state index in [9.17, 15) is 34.2 Å². The molecule has 174 valence electrons. The van der Waals surface area contributed by atoms with Gasteiger partial charge in [-0.1, -0.05) is 35.9 Å². The molecule has 3 aliphatic carbocycles. The van der Waals surface area contributed by atoms with E-state index in [1.165, 1.54) is 6.07 Å². The quantitative estimate of drug-likeness (QED) is 0.659. The van der Waals surface area contributed by atoms with Crippen LogP contribution in [0.4, 0.5) is 0 Å². The fourth-order valence-corrected chi connectivity index (χ4v) is 6.17. The van der Waals surface area contributed by atoms with Crippen LogP contribution in [0.3, 0.4) is 0 Å². The van der Waals surface area contributed by atoms with E-state index in [0.29, 0.717) is 5.56 Å². The minimum atomic E-state index is -2.55. The Balaban J connectivity index is 1.62. The second-order valence-electron chi connectivity index (χ2n) is 9.80. The van der Waals surface area contributed by atoms with Crippen molar-refractivity contribution < 1.29 is 34.2 Å². The van der Waals surface area contributed by atoms with Gasteiger partial charge >= 0.3 is 0 Å². The number of aromatic hydroxyl groups is 1. The number of aliphatic hydroxyl groups is 1. The second-order valence-corrected chi connectivity index (χ2v) is 9.80. The Bertz CT molecular complexity index is 1310. The van der Waals surface area contributed by atoms with E-state index in [-0.39, 0.29) is 30.6 Å². The number of ketones is 5. The van der Waals surface area contributed by atoms with E-state index < -0.39 is 58.2 Å². The maximum Gasteiger partial charge on any atom is 0.190 e. The van der Waals surface area contributed by atoms with Gasteiger partial charge in [-0.3, -0.25) is 24.0 Å². The van der Waals surface area contributed by atoms with Crippen molar-refractivity contribution in [2.75, 3.05) is 0 Å². The molecule has 2 saturated carbocycles. The van der Waals surface area contributed by atoms with Gasteiger partial charge in [-0.25, -0.2) is 0 Å². The first-order valence-electron chi connectivity index (χ1n) is 11.4. The molecule has 7 nitrogen and oxygen atoms in total. The molecule has 2 fully saturated rings. The number of carbonyl (C=O) groups is 5. The Morgan fingerprint density at radius 1 is 1.03 bits per heavy atom. The van der Waals surface area contributed by atoms with E-state index in [2.05, 4.69) is 0 Å². The average molecular weight is 460 g/mol. The molecule has 0 radical (unpaired) electrons. The van der Waals surface area contributed by atoms with Crippen molar-refractivity contribution >= 4 is 28.9 Å². The number of carbonyl (C=O) groups excluding carboxylic acids is 5. The van der Waals surface area contributed by atoms with Crippen molar-refractivity contribution in [3.63, 3.8) is 0 Å². The van der Waals surface area contributed by atoms with E-state index in [0.717, 1.165) is 23.6 Å². The highest BCUT2D eigenvalue weighted by molar-refractivity contribution is 6.31. The predicted octanol–water partition coefficient (Wildman–Crippen LogP) is 2.41. The maximum absolute atomic E-state index is 13.6. The van der Waals surface area contributed by atoms with Crippen molar-refractivity contribution in [1.82, 2.24) is 0 Å². The minimum Gasteiger partial charge on any atom is -0.507 e. The summed E-state index contributed by atoms with van der Waals surface area (Å²) in [6.45, 7) is 3.02. The van der Waals surface area contributed by atoms with Crippen molar-refractivity contribution in [3.8, 4) is 16.9 Å². The van der Waals surface area contributed by atoms with Gasteiger partial charge in [0.15, 0.2) is 28.7 Å². The zero-order valence-electron chi connectivity index (χ0n) is 18.8. The topological polar surface area (TPSA) is 126 Å². The lowest BCUT2D eigenvalue weighted by molar-refractivity contribution is -0.175. The first-order valence-corrected chi connectivity index (χ1v) is 11.4. The average Bonchev–Trinajstić information content (AvgIpc) is 2.76. The fraction of sp³-hybridized carbons (Fsp3) is 0.370. The van der Waals surface area contributed by atoms with Gasteiger partial charge in [0, 0.05) is 12.3 Å².